The summed E-state index contributed by atoms with van der Waals surface area (Å²) in [6.07, 6.45) is 0. The van der Waals surface area contributed by atoms with Crippen molar-refractivity contribution in [2.75, 3.05) is 45.1 Å². The Bertz CT molecular complexity index is 529. The second-order valence-electron chi connectivity index (χ2n) is 4.74. The first-order chi connectivity index (χ1) is 10.1. The van der Waals surface area contributed by atoms with Gasteiger partial charge in [0.15, 0.2) is 0 Å². The molecular weight excluding hydrogens is 276 g/mol. The van der Waals surface area contributed by atoms with Gasteiger partial charge in [-0.25, -0.2) is 0 Å². The summed E-state index contributed by atoms with van der Waals surface area (Å²) < 4.78 is 5.24. The van der Waals surface area contributed by atoms with Gasteiger partial charge >= 0.3 is 0 Å². The molecule has 1 aromatic carbocycles. The Labute approximate surface area is 122 Å². The summed E-state index contributed by atoms with van der Waals surface area (Å²) in [6.45, 7) is 4.41. The maximum Gasteiger partial charge on any atom is 0.292 e. The number of hydrogen-bond acceptors (Lipinski definition) is 6. The molecule has 1 amide bonds. The Balaban J connectivity index is 1.85. The smallest absolute Gasteiger partial charge is 0.292 e. The number of nitrogen functional groups attached to an aromatic ring is 1. The van der Waals surface area contributed by atoms with E-state index in [0.717, 1.165) is 19.6 Å². The number of anilines is 1. The summed E-state index contributed by atoms with van der Waals surface area (Å²) in [5.74, 6) is -0.287. The van der Waals surface area contributed by atoms with Gasteiger partial charge in [0.25, 0.3) is 11.6 Å². The Hall–Kier alpha value is -2.19. The van der Waals surface area contributed by atoms with Crippen LogP contribution >= 0.6 is 0 Å². The molecule has 3 N–H and O–H groups in total. The Morgan fingerprint density at radius 2 is 2.14 bits per heavy atom. The normalized spacial score (nSPS) is 15.6. The van der Waals surface area contributed by atoms with Crippen LogP contribution in [0.15, 0.2) is 18.2 Å². The van der Waals surface area contributed by atoms with Crippen molar-refractivity contribution >= 4 is 17.3 Å². The van der Waals surface area contributed by atoms with Gasteiger partial charge in [-0.2, -0.15) is 0 Å². The van der Waals surface area contributed by atoms with Gasteiger partial charge in [0.1, 0.15) is 5.69 Å². The quantitative estimate of drug-likeness (QED) is 0.457. The summed E-state index contributed by atoms with van der Waals surface area (Å²) in [6, 6.07) is 3.97. The molecule has 0 unspecified atom stereocenters. The van der Waals surface area contributed by atoms with Crippen molar-refractivity contribution in [1.82, 2.24) is 10.2 Å². The van der Waals surface area contributed by atoms with Gasteiger partial charge in [-0.15, -0.1) is 0 Å². The van der Waals surface area contributed by atoms with Crippen molar-refractivity contribution in [3.8, 4) is 0 Å². The number of nitro groups is 1. The number of nitrogens with two attached hydrogens (primary N) is 1. The standard InChI is InChI=1S/C13H18N4O4/c14-11-9-10(1-2-12(11)17(19)20)13(18)15-3-4-16-5-7-21-8-6-16/h1-2,9H,3-8,14H2,(H,15,18). The molecule has 0 aromatic heterocycles. The van der Waals surface area contributed by atoms with E-state index in [1.54, 1.807) is 0 Å². The molecule has 0 atom stereocenters. The average molecular weight is 294 g/mol. The number of hydrogen-bond donors (Lipinski definition) is 2. The predicted molar refractivity (Wildman–Crippen MR) is 77.1 cm³/mol. The van der Waals surface area contributed by atoms with E-state index in [4.69, 9.17) is 10.5 Å². The molecule has 1 aliphatic heterocycles. The van der Waals surface area contributed by atoms with Crippen LogP contribution in [0.25, 0.3) is 0 Å². The van der Waals surface area contributed by atoms with Gasteiger partial charge in [-0.1, -0.05) is 0 Å². The zero-order valence-electron chi connectivity index (χ0n) is 11.6. The predicted octanol–water partition coefficient (Wildman–Crippen LogP) is 0.239. The van der Waals surface area contributed by atoms with E-state index in [1.807, 2.05) is 0 Å². The Kier molecular flexibility index (Phi) is 5.07. The summed E-state index contributed by atoms with van der Waals surface area (Å²) in [5, 5.41) is 13.4. The van der Waals surface area contributed by atoms with Crippen molar-refractivity contribution in [3.63, 3.8) is 0 Å². The summed E-state index contributed by atoms with van der Waals surface area (Å²) in [4.78, 5) is 24.2. The monoisotopic (exact) mass is 294 g/mol. The second-order valence-corrected chi connectivity index (χ2v) is 4.74. The number of nitrogens with zero attached hydrogens (tertiary/aromatic N) is 2. The number of benzene rings is 1. The lowest BCUT2D eigenvalue weighted by Crippen LogP contribution is -2.41. The highest BCUT2D eigenvalue weighted by Crippen LogP contribution is 2.21. The third-order valence-corrected chi connectivity index (χ3v) is 3.30. The van der Waals surface area contributed by atoms with E-state index in [2.05, 4.69) is 10.2 Å². The minimum Gasteiger partial charge on any atom is -0.393 e. The number of rotatable bonds is 5. The molecule has 0 spiro atoms. The SMILES string of the molecule is Nc1cc(C(=O)NCCN2CCOCC2)ccc1[N+](=O)[O-]. The van der Waals surface area contributed by atoms with Gasteiger partial charge in [-0.05, 0) is 12.1 Å². The van der Waals surface area contributed by atoms with Gasteiger partial charge < -0.3 is 15.8 Å². The lowest BCUT2D eigenvalue weighted by atomic mass is 10.1. The van der Waals surface area contributed by atoms with Gasteiger partial charge in [0.05, 0.1) is 18.1 Å². The van der Waals surface area contributed by atoms with Crippen LogP contribution in [0, 0.1) is 10.1 Å². The number of nitrogens with one attached hydrogen (secondary N) is 1. The topological polar surface area (TPSA) is 111 Å². The number of morpholine rings is 1. The molecule has 0 radical (unpaired) electrons. The lowest BCUT2D eigenvalue weighted by Gasteiger charge is -2.26. The molecule has 1 fully saturated rings. The third kappa shape index (κ3) is 4.14. The van der Waals surface area contributed by atoms with E-state index in [9.17, 15) is 14.9 Å². The molecule has 8 nitrogen and oxygen atoms in total. The van der Waals surface area contributed by atoms with Crippen LogP contribution in [0.4, 0.5) is 11.4 Å². The summed E-state index contributed by atoms with van der Waals surface area (Å²) in [7, 11) is 0. The molecule has 0 bridgehead atoms. The molecule has 2 rings (SSSR count). The molecule has 1 heterocycles. The van der Waals surface area contributed by atoms with Crippen molar-refractivity contribution in [1.29, 1.82) is 0 Å². The minimum atomic E-state index is -0.574. The van der Waals surface area contributed by atoms with Crippen molar-refractivity contribution < 1.29 is 14.5 Å². The summed E-state index contributed by atoms with van der Waals surface area (Å²) >= 11 is 0. The average Bonchev–Trinajstić information content (AvgIpc) is 2.47. The van der Waals surface area contributed by atoms with Gasteiger partial charge in [0.2, 0.25) is 0 Å². The Morgan fingerprint density at radius 3 is 2.76 bits per heavy atom. The first-order valence-corrected chi connectivity index (χ1v) is 6.70. The molecule has 1 aromatic rings. The molecule has 114 valence electrons. The highest BCUT2D eigenvalue weighted by molar-refractivity contribution is 5.95. The van der Waals surface area contributed by atoms with Crippen molar-refractivity contribution in [2.24, 2.45) is 0 Å². The number of carbonyl (C=O) groups is 1. The molecule has 0 saturated carbocycles. The molecule has 1 saturated heterocycles. The van der Waals surface area contributed by atoms with Crippen LogP contribution in [0.1, 0.15) is 10.4 Å². The zero-order valence-corrected chi connectivity index (χ0v) is 11.6. The van der Waals surface area contributed by atoms with Crippen LogP contribution < -0.4 is 11.1 Å². The van der Waals surface area contributed by atoms with Crippen LogP contribution in [0.5, 0.6) is 0 Å². The lowest BCUT2D eigenvalue weighted by molar-refractivity contribution is -0.383. The van der Waals surface area contributed by atoms with Gasteiger partial charge in [-0.3, -0.25) is 19.8 Å². The summed E-state index contributed by atoms with van der Waals surface area (Å²) in [5.41, 5.74) is 5.67. The highest BCUT2D eigenvalue weighted by atomic mass is 16.6. The van der Waals surface area contributed by atoms with E-state index >= 15 is 0 Å². The molecule has 1 aliphatic rings. The zero-order chi connectivity index (χ0) is 15.2. The fourth-order valence-corrected chi connectivity index (χ4v) is 2.12. The first kappa shape index (κ1) is 15.2. The second kappa shape index (κ2) is 7.00. The number of nitro benzene ring substituents is 1. The van der Waals surface area contributed by atoms with E-state index in [1.165, 1.54) is 18.2 Å². The number of amides is 1. The fraction of sp³-hybridized carbons (Fsp3) is 0.462. The molecule has 8 heteroatoms. The Morgan fingerprint density at radius 1 is 1.43 bits per heavy atom. The van der Waals surface area contributed by atoms with Crippen LogP contribution in [-0.4, -0.2) is 55.1 Å². The van der Waals surface area contributed by atoms with E-state index in [0.29, 0.717) is 25.3 Å². The number of carbonyl (C=O) groups excluding carboxylic acids is 1. The third-order valence-electron chi connectivity index (χ3n) is 3.30. The first-order valence-electron chi connectivity index (χ1n) is 6.70. The minimum absolute atomic E-state index is 0.0131. The highest BCUT2D eigenvalue weighted by Gasteiger charge is 2.15. The molecular formula is C13H18N4O4. The fourth-order valence-electron chi connectivity index (χ4n) is 2.12. The largest absolute Gasteiger partial charge is 0.393 e. The maximum atomic E-state index is 11.9. The van der Waals surface area contributed by atoms with Gasteiger partial charge in [0, 0.05) is 37.8 Å². The number of ether oxygens (including phenoxy) is 1. The van der Waals surface area contributed by atoms with E-state index in [-0.39, 0.29) is 17.3 Å². The molecule has 21 heavy (non-hydrogen) atoms. The van der Waals surface area contributed by atoms with Crippen LogP contribution in [-0.2, 0) is 4.74 Å². The van der Waals surface area contributed by atoms with Crippen molar-refractivity contribution in [3.05, 3.63) is 33.9 Å². The van der Waals surface area contributed by atoms with E-state index < -0.39 is 4.92 Å². The molecule has 0 aliphatic carbocycles. The van der Waals surface area contributed by atoms with Crippen LogP contribution in [0.2, 0.25) is 0 Å². The van der Waals surface area contributed by atoms with Crippen LogP contribution in [0.3, 0.4) is 0 Å². The van der Waals surface area contributed by atoms with Crippen molar-refractivity contribution in [2.45, 2.75) is 0 Å². The maximum absolute atomic E-state index is 11.9.